The highest BCUT2D eigenvalue weighted by Gasteiger charge is 2.05. The van der Waals surface area contributed by atoms with Crippen LogP contribution in [-0.4, -0.2) is 42.9 Å². The number of nitrogens with one attached hydrogen (secondary N) is 1. The van der Waals surface area contributed by atoms with E-state index in [-0.39, 0.29) is 6.03 Å². The van der Waals surface area contributed by atoms with Gasteiger partial charge in [-0.3, -0.25) is 10.1 Å². The van der Waals surface area contributed by atoms with Crippen molar-refractivity contribution in [2.24, 2.45) is 4.99 Å². The summed E-state index contributed by atoms with van der Waals surface area (Å²) < 4.78 is 0. The first-order chi connectivity index (χ1) is 5.61. The van der Waals surface area contributed by atoms with Crippen LogP contribution in [0.2, 0.25) is 0 Å². The molecule has 0 saturated carbocycles. The van der Waals surface area contributed by atoms with Gasteiger partial charge in [0.05, 0.1) is 0 Å². The van der Waals surface area contributed by atoms with Crippen molar-refractivity contribution in [2.75, 3.05) is 20.4 Å². The van der Waals surface area contributed by atoms with E-state index >= 15 is 0 Å². The monoisotopic (exact) mass is 189 g/mol. The lowest BCUT2D eigenvalue weighted by Gasteiger charge is -2.11. The fraction of sp³-hybridized carbons (Fsp3) is 0.500. The number of carbonyl (C=O) groups excluding carboxylic acids is 2. The quantitative estimate of drug-likeness (QED) is 0.362. The van der Waals surface area contributed by atoms with Crippen LogP contribution in [0.25, 0.3) is 0 Å². The molecule has 6 heteroatoms. The van der Waals surface area contributed by atoms with Gasteiger partial charge in [0.2, 0.25) is 6.41 Å². The average Bonchev–Trinajstić information content (AvgIpc) is 2.03. The summed E-state index contributed by atoms with van der Waals surface area (Å²) in [6, 6.07) is -0.301. The van der Waals surface area contributed by atoms with Crippen molar-refractivity contribution in [2.45, 2.75) is 0 Å². The predicted molar refractivity (Wildman–Crippen MR) is 49.2 cm³/mol. The third-order valence-electron chi connectivity index (χ3n) is 0.983. The maximum atomic E-state index is 11.0. The number of hydrogen-bond acceptors (Lipinski definition) is 3. The number of rotatable bonds is 1. The number of aliphatic imine (C=N–C) groups is 1. The molecule has 0 aromatic heterocycles. The fourth-order valence-electron chi connectivity index (χ4n) is 0.387. The first kappa shape index (κ1) is 11.0. The van der Waals surface area contributed by atoms with Crippen LogP contribution in [0.4, 0.5) is 4.79 Å². The minimum Gasteiger partial charge on any atom is -0.331 e. The molecule has 0 heterocycles. The first-order valence-corrected chi connectivity index (χ1v) is 4.38. The highest BCUT2D eigenvalue weighted by Crippen LogP contribution is 1.94. The maximum absolute atomic E-state index is 11.0. The normalized spacial score (nSPS) is 10.8. The second kappa shape index (κ2) is 5.59. The van der Waals surface area contributed by atoms with E-state index in [4.69, 9.17) is 0 Å². The van der Waals surface area contributed by atoms with E-state index in [0.717, 1.165) is 0 Å². The fourth-order valence-corrected chi connectivity index (χ4v) is 0.725. The topological polar surface area (TPSA) is 61.8 Å². The third kappa shape index (κ3) is 3.97. The zero-order valence-corrected chi connectivity index (χ0v) is 8.01. The summed E-state index contributed by atoms with van der Waals surface area (Å²) in [5, 5.41) is 2.73. The van der Waals surface area contributed by atoms with Gasteiger partial charge in [-0.2, -0.15) is 4.99 Å². The summed E-state index contributed by atoms with van der Waals surface area (Å²) in [6.07, 6.45) is 2.11. The predicted octanol–water partition coefficient (Wildman–Crippen LogP) is 0.133. The molecule has 0 radical (unpaired) electrons. The molecule has 12 heavy (non-hydrogen) atoms. The van der Waals surface area contributed by atoms with Crippen LogP contribution >= 0.6 is 11.8 Å². The van der Waals surface area contributed by atoms with E-state index in [9.17, 15) is 9.59 Å². The summed E-state index contributed by atoms with van der Waals surface area (Å²) in [5.41, 5.74) is 0. The summed E-state index contributed by atoms with van der Waals surface area (Å²) in [6.45, 7) is 0. The molecule has 1 N–H and O–H groups in total. The molecule has 0 aromatic carbocycles. The van der Waals surface area contributed by atoms with Crippen molar-refractivity contribution in [1.29, 1.82) is 0 Å². The molecule has 0 aliphatic carbocycles. The first-order valence-electron chi connectivity index (χ1n) is 3.15. The second-order valence-corrected chi connectivity index (χ2v) is 2.86. The van der Waals surface area contributed by atoms with Crippen LogP contribution in [0.5, 0.6) is 0 Å². The van der Waals surface area contributed by atoms with Gasteiger partial charge in [-0.05, 0) is 6.26 Å². The SMILES string of the molecule is CSC(=NC=O)NC(=O)N(C)C. The van der Waals surface area contributed by atoms with E-state index in [2.05, 4.69) is 10.3 Å². The van der Waals surface area contributed by atoms with Crippen molar-refractivity contribution >= 4 is 29.4 Å². The smallest absolute Gasteiger partial charge is 0.322 e. The Hall–Kier alpha value is -1.04. The van der Waals surface area contributed by atoms with Crippen molar-refractivity contribution in [3.63, 3.8) is 0 Å². The van der Waals surface area contributed by atoms with Crippen LogP contribution in [0.3, 0.4) is 0 Å². The van der Waals surface area contributed by atoms with Crippen molar-refractivity contribution < 1.29 is 9.59 Å². The van der Waals surface area contributed by atoms with Crippen LogP contribution < -0.4 is 5.32 Å². The number of nitrogens with zero attached hydrogens (tertiary/aromatic N) is 2. The molecule has 0 aliphatic rings. The maximum Gasteiger partial charge on any atom is 0.322 e. The average molecular weight is 189 g/mol. The number of amides is 3. The Morgan fingerprint density at radius 3 is 2.50 bits per heavy atom. The molecule has 0 spiro atoms. The number of thioether (sulfide) groups is 1. The standard InChI is InChI=1S/C6H11N3O2S/c1-9(2)6(11)8-5(12-3)7-4-10/h4H,1-3H3,(H,7,8,10,11). The Labute approximate surface area is 75.2 Å². The molecule has 0 aromatic rings. The van der Waals surface area contributed by atoms with Gasteiger partial charge in [0.1, 0.15) is 0 Å². The van der Waals surface area contributed by atoms with Gasteiger partial charge in [-0.15, -0.1) is 0 Å². The van der Waals surface area contributed by atoms with Gasteiger partial charge in [-0.1, -0.05) is 11.8 Å². The largest absolute Gasteiger partial charge is 0.331 e. The molecule has 3 amide bonds. The van der Waals surface area contributed by atoms with E-state index in [1.807, 2.05) is 0 Å². The van der Waals surface area contributed by atoms with E-state index < -0.39 is 0 Å². The molecule has 0 fully saturated rings. The molecule has 0 atom stereocenters. The number of carbonyl (C=O) groups is 2. The van der Waals surface area contributed by atoms with Crippen LogP contribution in [-0.2, 0) is 4.79 Å². The van der Waals surface area contributed by atoms with Crippen LogP contribution in [0.15, 0.2) is 4.99 Å². The van der Waals surface area contributed by atoms with Crippen molar-refractivity contribution in [1.82, 2.24) is 10.2 Å². The lowest BCUT2D eigenvalue weighted by Crippen LogP contribution is -2.37. The molecule has 68 valence electrons. The second-order valence-electron chi connectivity index (χ2n) is 2.07. The van der Waals surface area contributed by atoms with Crippen molar-refractivity contribution in [3.8, 4) is 0 Å². The minimum atomic E-state index is -0.301. The van der Waals surface area contributed by atoms with Gasteiger partial charge in [0, 0.05) is 14.1 Å². The zero-order chi connectivity index (χ0) is 9.56. The molecule has 0 rings (SSSR count). The summed E-state index contributed by atoms with van der Waals surface area (Å²) in [5.74, 6) is 0. The summed E-state index contributed by atoms with van der Waals surface area (Å²) in [4.78, 5) is 25.7. The summed E-state index contributed by atoms with van der Waals surface area (Å²) in [7, 11) is 3.21. The van der Waals surface area contributed by atoms with Gasteiger partial charge >= 0.3 is 6.03 Å². The summed E-state index contributed by atoms with van der Waals surface area (Å²) >= 11 is 1.20. The number of amidine groups is 1. The van der Waals surface area contributed by atoms with E-state index in [1.54, 1.807) is 20.4 Å². The number of urea groups is 1. The third-order valence-corrected chi connectivity index (χ3v) is 1.58. The Bertz CT molecular complexity index is 203. The Morgan fingerprint density at radius 1 is 1.58 bits per heavy atom. The molecular weight excluding hydrogens is 178 g/mol. The highest BCUT2D eigenvalue weighted by molar-refractivity contribution is 8.13. The Balaban J connectivity index is 4.12. The van der Waals surface area contributed by atoms with Crippen LogP contribution in [0.1, 0.15) is 0 Å². The Kier molecular flexibility index (Phi) is 5.11. The molecule has 0 bridgehead atoms. The lowest BCUT2D eigenvalue weighted by molar-refractivity contribution is -0.106. The zero-order valence-electron chi connectivity index (χ0n) is 7.20. The Morgan fingerprint density at radius 2 is 2.17 bits per heavy atom. The van der Waals surface area contributed by atoms with Crippen molar-refractivity contribution in [3.05, 3.63) is 0 Å². The molecule has 5 nitrogen and oxygen atoms in total. The highest BCUT2D eigenvalue weighted by atomic mass is 32.2. The van der Waals surface area contributed by atoms with Gasteiger partial charge < -0.3 is 4.90 Å². The molecular formula is C6H11N3O2S. The van der Waals surface area contributed by atoms with E-state index in [0.29, 0.717) is 11.6 Å². The van der Waals surface area contributed by atoms with E-state index in [1.165, 1.54) is 16.7 Å². The molecule has 0 saturated heterocycles. The molecule has 0 aliphatic heterocycles. The lowest BCUT2D eigenvalue weighted by atomic mass is 10.8. The van der Waals surface area contributed by atoms with Gasteiger partial charge in [-0.25, -0.2) is 4.79 Å². The number of hydrogen-bond donors (Lipinski definition) is 1. The molecule has 0 unspecified atom stereocenters. The minimum absolute atomic E-state index is 0.295. The van der Waals surface area contributed by atoms with Gasteiger partial charge in [0.25, 0.3) is 0 Å². The van der Waals surface area contributed by atoms with Gasteiger partial charge in [0.15, 0.2) is 5.17 Å². The van der Waals surface area contributed by atoms with Crippen LogP contribution in [0, 0.1) is 0 Å².